The summed E-state index contributed by atoms with van der Waals surface area (Å²) in [6.45, 7) is 1.61. The highest BCUT2D eigenvalue weighted by atomic mass is 32.1. The third-order valence-electron chi connectivity index (χ3n) is 3.68. The molecule has 1 aromatic heterocycles. The number of hydrogen-bond donors (Lipinski definition) is 3. The highest BCUT2D eigenvalue weighted by molar-refractivity contribution is 7.13. The second-order valence-electron chi connectivity index (χ2n) is 5.94. The van der Waals surface area contributed by atoms with Crippen LogP contribution in [-0.4, -0.2) is 48.0 Å². The number of thiophene rings is 1. The van der Waals surface area contributed by atoms with Gasteiger partial charge in [0.1, 0.15) is 0 Å². The van der Waals surface area contributed by atoms with E-state index in [1.54, 1.807) is 25.3 Å². The molecule has 0 aliphatic rings. The first-order valence-electron chi connectivity index (χ1n) is 7.36. The van der Waals surface area contributed by atoms with Crippen molar-refractivity contribution in [1.29, 1.82) is 0 Å². The summed E-state index contributed by atoms with van der Waals surface area (Å²) < 4.78 is 0. The molecule has 5 nitrogen and oxygen atoms in total. The minimum absolute atomic E-state index is 0.188. The van der Waals surface area contributed by atoms with Crippen molar-refractivity contribution in [3.8, 4) is 10.4 Å². The van der Waals surface area contributed by atoms with Gasteiger partial charge in [-0.2, -0.15) is 0 Å². The summed E-state index contributed by atoms with van der Waals surface area (Å²) in [6.07, 6.45) is 0. The van der Waals surface area contributed by atoms with E-state index in [1.807, 2.05) is 41.8 Å². The van der Waals surface area contributed by atoms with Crippen molar-refractivity contribution in [1.82, 2.24) is 4.90 Å². The number of hydrogen-bond acceptors (Lipinski definition) is 4. The van der Waals surface area contributed by atoms with Crippen LogP contribution in [0.15, 0.2) is 41.8 Å². The first kappa shape index (κ1) is 17.5. The fourth-order valence-electron chi connectivity index (χ4n) is 2.24. The maximum atomic E-state index is 12.4. The molecule has 0 radical (unpaired) electrons. The highest BCUT2D eigenvalue weighted by Crippen LogP contribution is 2.31. The molecule has 0 saturated heterocycles. The van der Waals surface area contributed by atoms with Gasteiger partial charge in [0.25, 0.3) is 0 Å². The van der Waals surface area contributed by atoms with E-state index in [-0.39, 0.29) is 25.8 Å². The molecule has 0 unspecified atom stereocenters. The van der Waals surface area contributed by atoms with E-state index >= 15 is 0 Å². The zero-order chi connectivity index (χ0) is 16.9. The van der Waals surface area contributed by atoms with Crippen molar-refractivity contribution >= 4 is 23.1 Å². The fourth-order valence-corrected chi connectivity index (χ4v) is 3.01. The Kier molecular flexibility index (Phi) is 5.76. The molecule has 23 heavy (non-hydrogen) atoms. The quantitative estimate of drug-likeness (QED) is 0.760. The Hall–Kier alpha value is -1.89. The number of nitrogens with zero attached hydrogens (tertiary/aromatic N) is 1. The van der Waals surface area contributed by atoms with Crippen molar-refractivity contribution in [2.75, 3.05) is 32.1 Å². The summed E-state index contributed by atoms with van der Waals surface area (Å²) in [5.41, 5.74) is 0.983. The van der Waals surface area contributed by atoms with Crippen molar-refractivity contribution in [2.24, 2.45) is 5.41 Å². The zero-order valence-electron chi connectivity index (χ0n) is 13.3. The molecule has 0 saturated carbocycles. The van der Waals surface area contributed by atoms with E-state index in [9.17, 15) is 15.0 Å². The summed E-state index contributed by atoms with van der Waals surface area (Å²) >= 11 is 1.61. The lowest BCUT2D eigenvalue weighted by Gasteiger charge is -2.30. The van der Waals surface area contributed by atoms with Crippen molar-refractivity contribution < 1.29 is 15.0 Å². The summed E-state index contributed by atoms with van der Waals surface area (Å²) in [5.74, 6) is 0. The second-order valence-corrected chi connectivity index (χ2v) is 6.88. The molecular weight excluding hydrogens is 312 g/mol. The molecular formula is C17H22N2O3S. The van der Waals surface area contributed by atoms with Crippen molar-refractivity contribution in [2.45, 2.75) is 6.92 Å². The van der Waals surface area contributed by atoms with Crippen molar-refractivity contribution in [3.63, 3.8) is 0 Å². The number of carbonyl (C=O) groups excluding carboxylic acids is 1. The number of benzene rings is 1. The average molecular weight is 334 g/mol. The van der Waals surface area contributed by atoms with Gasteiger partial charge in [-0.25, -0.2) is 4.79 Å². The monoisotopic (exact) mass is 334 g/mol. The number of urea groups is 1. The van der Waals surface area contributed by atoms with Crippen LogP contribution in [0.5, 0.6) is 0 Å². The number of anilines is 1. The van der Waals surface area contributed by atoms with Gasteiger partial charge >= 0.3 is 6.03 Å². The minimum Gasteiger partial charge on any atom is -0.396 e. The predicted octanol–water partition coefficient (Wildman–Crippen LogP) is 2.87. The van der Waals surface area contributed by atoms with Crippen LogP contribution in [0.3, 0.4) is 0 Å². The van der Waals surface area contributed by atoms with Crippen LogP contribution in [0.25, 0.3) is 10.4 Å². The summed E-state index contributed by atoms with van der Waals surface area (Å²) in [4.78, 5) is 15.0. The van der Waals surface area contributed by atoms with Gasteiger partial charge in [0, 0.05) is 29.4 Å². The minimum atomic E-state index is -0.723. The molecule has 1 aromatic carbocycles. The molecule has 0 bridgehead atoms. The maximum Gasteiger partial charge on any atom is 0.321 e. The van der Waals surface area contributed by atoms with Crippen LogP contribution in [0, 0.1) is 5.41 Å². The Bertz CT molecular complexity index is 639. The van der Waals surface area contributed by atoms with Gasteiger partial charge in [-0.3, -0.25) is 0 Å². The second kappa shape index (κ2) is 7.59. The molecule has 1 heterocycles. The number of nitrogens with one attached hydrogen (secondary N) is 1. The van der Waals surface area contributed by atoms with E-state index in [1.165, 1.54) is 4.90 Å². The molecule has 6 heteroatoms. The number of aliphatic hydroxyl groups excluding tert-OH is 2. The Morgan fingerprint density at radius 2 is 1.91 bits per heavy atom. The summed E-state index contributed by atoms with van der Waals surface area (Å²) in [7, 11) is 1.65. The van der Waals surface area contributed by atoms with Gasteiger partial charge in [-0.05, 0) is 17.5 Å². The number of carbonyl (C=O) groups is 1. The van der Waals surface area contributed by atoms with Crippen LogP contribution in [0.2, 0.25) is 0 Å². The lowest BCUT2D eigenvalue weighted by Crippen LogP contribution is -2.43. The third kappa shape index (κ3) is 4.31. The average Bonchev–Trinajstić information content (AvgIpc) is 3.09. The third-order valence-corrected chi connectivity index (χ3v) is 4.59. The van der Waals surface area contributed by atoms with Crippen molar-refractivity contribution in [3.05, 3.63) is 41.8 Å². The van der Waals surface area contributed by atoms with Gasteiger partial charge in [0.05, 0.1) is 18.9 Å². The van der Waals surface area contributed by atoms with Gasteiger partial charge in [0.15, 0.2) is 0 Å². The first-order chi connectivity index (χ1) is 11.0. The zero-order valence-corrected chi connectivity index (χ0v) is 14.1. The van der Waals surface area contributed by atoms with Crippen LogP contribution >= 0.6 is 11.3 Å². The van der Waals surface area contributed by atoms with E-state index < -0.39 is 5.41 Å². The van der Waals surface area contributed by atoms with Gasteiger partial charge < -0.3 is 20.4 Å². The standard InChI is InChI=1S/C17H22N2O3S/c1-17(11-20,12-21)10-19(2)16(22)18-14-7-4-3-6-13(14)15-8-5-9-23-15/h3-9,20-21H,10-12H2,1-2H3,(H,18,22). The molecule has 2 aromatic rings. The normalized spacial score (nSPS) is 11.3. The van der Waals surface area contributed by atoms with E-state index in [0.717, 1.165) is 16.1 Å². The SMILES string of the molecule is CN(CC(C)(CO)CO)C(=O)Nc1ccccc1-c1cccs1. The Balaban J connectivity index is 2.12. The van der Waals surface area contributed by atoms with Gasteiger partial charge in [-0.15, -0.1) is 11.3 Å². The van der Waals surface area contributed by atoms with Crippen LogP contribution < -0.4 is 5.32 Å². The fraction of sp³-hybridized carbons (Fsp3) is 0.353. The number of para-hydroxylation sites is 1. The van der Waals surface area contributed by atoms with Crippen LogP contribution in [0.1, 0.15) is 6.92 Å². The molecule has 0 atom stereocenters. The summed E-state index contributed by atoms with van der Waals surface area (Å²) in [5, 5.41) is 23.6. The predicted molar refractivity (Wildman–Crippen MR) is 93.7 cm³/mol. The maximum absolute atomic E-state index is 12.4. The number of rotatable bonds is 6. The molecule has 2 rings (SSSR count). The van der Waals surface area contributed by atoms with E-state index in [2.05, 4.69) is 5.32 Å². The Labute approximate surface area is 140 Å². The number of amides is 2. The smallest absolute Gasteiger partial charge is 0.321 e. The topological polar surface area (TPSA) is 72.8 Å². The molecule has 124 valence electrons. The van der Waals surface area contributed by atoms with E-state index in [4.69, 9.17) is 0 Å². The largest absolute Gasteiger partial charge is 0.396 e. The Morgan fingerprint density at radius 3 is 2.52 bits per heavy atom. The molecule has 2 amide bonds. The van der Waals surface area contributed by atoms with Crippen LogP contribution in [0.4, 0.5) is 10.5 Å². The van der Waals surface area contributed by atoms with Gasteiger partial charge in [0.2, 0.25) is 0 Å². The first-order valence-corrected chi connectivity index (χ1v) is 8.24. The molecule has 3 N–H and O–H groups in total. The molecule has 0 spiro atoms. The molecule has 0 aliphatic heterocycles. The lowest BCUT2D eigenvalue weighted by atomic mass is 9.92. The highest BCUT2D eigenvalue weighted by Gasteiger charge is 2.26. The molecule has 0 fully saturated rings. The lowest BCUT2D eigenvalue weighted by molar-refractivity contribution is 0.0509. The molecule has 0 aliphatic carbocycles. The van der Waals surface area contributed by atoms with Gasteiger partial charge in [-0.1, -0.05) is 31.2 Å². The van der Waals surface area contributed by atoms with Crippen LogP contribution in [-0.2, 0) is 0 Å². The number of aliphatic hydroxyl groups is 2. The van der Waals surface area contributed by atoms with E-state index in [0.29, 0.717) is 0 Å². The Morgan fingerprint density at radius 1 is 1.22 bits per heavy atom. The summed E-state index contributed by atoms with van der Waals surface area (Å²) in [6, 6.07) is 11.3.